The Bertz CT molecular complexity index is 1860. The van der Waals surface area contributed by atoms with Crippen LogP contribution in [0.15, 0.2) is 71.9 Å². The number of amides is 1. The standard InChI is InChI=1S/C51H75N3O12/c1-3-5-6-7-8-9-10-11-12-17-31-63-50(59)53(26-32-62-33-29-57)47-36-45(52-65-37-38-20-22-40(23-21-38)54(60)61)43-34-39(18-13-15-27-55)42(19-14-16-28-56)48-44-35-41(58)24-25-46(44)66-51(47,49(43)48)64-30-4-2/h4,20-25,34-35,39,42,47-49,55-58H,2-3,5-19,26-33,36-37H2,1H3/t39-,42+,47-,48+,49+,51+/m0/s1. The number of nitrogens with zero attached hydrogens (tertiary/aromatic N) is 3. The average Bonchev–Trinajstić information content (AvgIpc) is 3.31. The minimum atomic E-state index is -1.54. The van der Waals surface area contributed by atoms with Crippen molar-refractivity contribution >= 4 is 17.5 Å². The lowest BCUT2D eigenvalue weighted by Crippen LogP contribution is -2.70. The Kier molecular flexibility index (Phi) is 22.2. The molecule has 1 amide bonds. The number of carbonyl (C=O) groups is 1. The second-order valence-corrected chi connectivity index (χ2v) is 17.8. The number of phenolic OH excluding ortho intramolecular Hbond substituents is 1. The van der Waals surface area contributed by atoms with Gasteiger partial charge in [-0.25, -0.2) is 4.79 Å². The van der Waals surface area contributed by atoms with Gasteiger partial charge in [0, 0.05) is 49.8 Å². The SMILES string of the molecule is C=CCO[C@@]12Oc3ccc(O)cc3[C@H]3[C@H](CCCCO)[C@@H](CCCCO)C=C(C(=NOCc4ccc([N+](=O)[O-])cc4)C[C@@H]1N(CCOCCO)C(=O)OCCCCCCCCCCCC)[C@H]32. The van der Waals surface area contributed by atoms with Gasteiger partial charge in [0.25, 0.3) is 5.69 Å². The van der Waals surface area contributed by atoms with Crippen LogP contribution < -0.4 is 4.74 Å². The summed E-state index contributed by atoms with van der Waals surface area (Å²) in [6.07, 6.45) is 19.0. The molecule has 2 aromatic carbocycles. The second-order valence-electron chi connectivity index (χ2n) is 17.8. The van der Waals surface area contributed by atoms with Gasteiger partial charge in [0.1, 0.15) is 24.1 Å². The first-order valence-corrected chi connectivity index (χ1v) is 24.5. The molecule has 366 valence electrons. The molecular weight excluding hydrogens is 847 g/mol. The number of carbonyl (C=O) groups excluding carboxylic acids is 1. The van der Waals surface area contributed by atoms with E-state index in [2.05, 4.69) is 19.6 Å². The largest absolute Gasteiger partial charge is 0.508 e. The lowest BCUT2D eigenvalue weighted by atomic mass is 9.55. The molecule has 2 aliphatic carbocycles. The number of rotatable bonds is 32. The molecule has 0 spiro atoms. The third-order valence-electron chi connectivity index (χ3n) is 13.3. The van der Waals surface area contributed by atoms with Crippen molar-refractivity contribution in [2.75, 3.05) is 52.8 Å². The van der Waals surface area contributed by atoms with E-state index in [0.29, 0.717) is 36.3 Å². The highest BCUT2D eigenvalue weighted by Gasteiger charge is 2.65. The Labute approximate surface area is 390 Å². The van der Waals surface area contributed by atoms with Crippen LogP contribution in [-0.4, -0.2) is 107 Å². The molecule has 66 heavy (non-hydrogen) atoms. The Morgan fingerprint density at radius 1 is 0.909 bits per heavy atom. The number of unbranched alkanes of at least 4 members (excludes halogenated alkanes) is 11. The van der Waals surface area contributed by atoms with Crippen LogP contribution in [-0.2, 0) is 25.7 Å². The van der Waals surface area contributed by atoms with Crippen molar-refractivity contribution < 1.29 is 53.9 Å². The third kappa shape index (κ3) is 14.2. The Morgan fingerprint density at radius 2 is 1.61 bits per heavy atom. The number of nitro benzene ring substituents is 1. The molecule has 1 heterocycles. The Hall–Kier alpha value is -4.54. The van der Waals surface area contributed by atoms with Crippen LogP contribution in [0.2, 0.25) is 0 Å². The monoisotopic (exact) mass is 922 g/mol. The fourth-order valence-corrected chi connectivity index (χ4v) is 10.1. The zero-order valence-electron chi connectivity index (χ0n) is 39.1. The first kappa shape index (κ1) is 52.4. The summed E-state index contributed by atoms with van der Waals surface area (Å²) >= 11 is 0. The molecule has 1 aliphatic heterocycles. The maximum atomic E-state index is 14.7. The summed E-state index contributed by atoms with van der Waals surface area (Å²) in [7, 11) is 0. The van der Waals surface area contributed by atoms with Gasteiger partial charge in [-0.15, -0.1) is 6.58 Å². The summed E-state index contributed by atoms with van der Waals surface area (Å²) in [6, 6.07) is 10.3. The van der Waals surface area contributed by atoms with Gasteiger partial charge in [-0.2, -0.15) is 0 Å². The number of hydrogen-bond donors (Lipinski definition) is 4. The van der Waals surface area contributed by atoms with E-state index in [1.165, 1.54) is 50.7 Å². The Morgan fingerprint density at radius 3 is 2.27 bits per heavy atom. The number of fused-ring (bicyclic) bond motifs is 2. The van der Waals surface area contributed by atoms with E-state index in [0.717, 1.165) is 56.1 Å². The molecule has 6 atom stereocenters. The quantitative estimate of drug-likeness (QED) is 0.0235. The lowest BCUT2D eigenvalue weighted by Gasteiger charge is -2.59. The van der Waals surface area contributed by atoms with E-state index < -0.39 is 28.8 Å². The van der Waals surface area contributed by atoms with Crippen LogP contribution in [0.3, 0.4) is 0 Å². The summed E-state index contributed by atoms with van der Waals surface area (Å²) in [5, 5.41) is 56.6. The number of aromatic hydroxyl groups is 1. The van der Waals surface area contributed by atoms with Gasteiger partial charge in [-0.05, 0) is 85.4 Å². The predicted octanol–water partition coefficient (Wildman–Crippen LogP) is 9.50. The molecule has 5 rings (SSSR count). The molecule has 2 aromatic rings. The summed E-state index contributed by atoms with van der Waals surface area (Å²) in [5.74, 6) is -1.93. The van der Waals surface area contributed by atoms with Crippen LogP contribution in [0.1, 0.15) is 133 Å². The number of aliphatic hydroxyl groups excluding tert-OH is 3. The normalized spacial score (nSPS) is 22.5. The molecular formula is C51H75N3O12. The number of hydrogen-bond acceptors (Lipinski definition) is 13. The van der Waals surface area contributed by atoms with Gasteiger partial charge < -0.3 is 44.2 Å². The minimum absolute atomic E-state index is 0.0117. The zero-order chi connectivity index (χ0) is 47.2. The highest BCUT2D eigenvalue weighted by atomic mass is 16.7. The number of benzene rings is 2. The molecule has 1 fully saturated rings. The summed E-state index contributed by atoms with van der Waals surface area (Å²) in [6.45, 7) is 6.67. The molecule has 3 aliphatic rings. The van der Waals surface area contributed by atoms with E-state index in [1.54, 1.807) is 41.3 Å². The van der Waals surface area contributed by atoms with Crippen molar-refractivity contribution in [2.45, 2.75) is 140 Å². The van der Waals surface area contributed by atoms with Crippen LogP contribution >= 0.6 is 0 Å². The van der Waals surface area contributed by atoms with Crippen molar-refractivity contribution in [3.8, 4) is 11.5 Å². The van der Waals surface area contributed by atoms with Crippen LogP contribution in [0.5, 0.6) is 11.5 Å². The molecule has 0 saturated heterocycles. The number of oxime groups is 1. The number of phenols is 1. The van der Waals surface area contributed by atoms with Gasteiger partial charge in [0.2, 0.25) is 5.79 Å². The minimum Gasteiger partial charge on any atom is -0.508 e. The van der Waals surface area contributed by atoms with Gasteiger partial charge in [0.05, 0.1) is 49.6 Å². The maximum absolute atomic E-state index is 14.7. The predicted molar refractivity (Wildman–Crippen MR) is 252 cm³/mol. The fraction of sp³-hybridized carbons (Fsp3) is 0.647. The molecule has 4 N–H and O–H groups in total. The molecule has 0 radical (unpaired) electrons. The number of nitro groups is 1. The highest BCUT2D eigenvalue weighted by molar-refractivity contribution is 6.03. The molecule has 0 bridgehead atoms. The maximum Gasteiger partial charge on any atom is 0.410 e. The summed E-state index contributed by atoms with van der Waals surface area (Å²) in [5.41, 5.74) is 2.80. The third-order valence-corrected chi connectivity index (χ3v) is 13.3. The van der Waals surface area contributed by atoms with E-state index in [-0.39, 0.29) is 95.0 Å². The first-order chi connectivity index (χ1) is 32.2. The topological polar surface area (TPSA) is 203 Å². The van der Waals surface area contributed by atoms with E-state index in [1.807, 2.05) is 0 Å². The number of non-ortho nitro benzene ring substituents is 1. The first-order valence-electron chi connectivity index (χ1n) is 24.5. The number of aliphatic hydroxyl groups is 3. The average molecular weight is 922 g/mol. The zero-order valence-corrected chi connectivity index (χ0v) is 39.1. The van der Waals surface area contributed by atoms with Gasteiger partial charge in [-0.1, -0.05) is 94.9 Å². The second kappa shape index (κ2) is 27.9. The number of ether oxygens (including phenoxy) is 4. The molecule has 1 saturated carbocycles. The van der Waals surface area contributed by atoms with Crippen molar-refractivity contribution in [3.63, 3.8) is 0 Å². The van der Waals surface area contributed by atoms with Gasteiger partial charge in [0.15, 0.2) is 0 Å². The van der Waals surface area contributed by atoms with Crippen LogP contribution in [0.25, 0.3) is 0 Å². The number of allylic oxidation sites excluding steroid dienone is 1. The fourth-order valence-electron chi connectivity index (χ4n) is 10.1. The van der Waals surface area contributed by atoms with Crippen LogP contribution in [0.4, 0.5) is 10.5 Å². The summed E-state index contributed by atoms with van der Waals surface area (Å²) < 4.78 is 26.1. The van der Waals surface area contributed by atoms with Crippen molar-refractivity contribution in [3.05, 3.63) is 88.0 Å². The van der Waals surface area contributed by atoms with Crippen molar-refractivity contribution in [1.29, 1.82) is 0 Å². The van der Waals surface area contributed by atoms with Crippen LogP contribution in [0, 0.1) is 27.9 Å². The smallest absolute Gasteiger partial charge is 0.410 e. The molecule has 15 nitrogen and oxygen atoms in total. The molecule has 15 heteroatoms. The van der Waals surface area contributed by atoms with E-state index in [9.17, 15) is 35.3 Å². The molecule has 0 unspecified atom stereocenters. The van der Waals surface area contributed by atoms with Gasteiger partial charge >= 0.3 is 6.09 Å². The highest BCUT2D eigenvalue weighted by Crippen LogP contribution is 2.62. The molecule has 0 aromatic heterocycles. The Balaban J connectivity index is 1.58. The van der Waals surface area contributed by atoms with Gasteiger partial charge in [-0.3, -0.25) is 15.0 Å². The van der Waals surface area contributed by atoms with Crippen molar-refractivity contribution in [1.82, 2.24) is 4.90 Å². The lowest BCUT2D eigenvalue weighted by molar-refractivity contribution is -0.384. The van der Waals surface area contributed by atoms with Crippen molar-refractivity contribution in [2.24, 2.45) is 22.9 Å². The summed E-state index contributed by atoms with van der Waals surface area (Å²) in [4.78, 5) is 33.3. The van der Waals surface area contributed by atoms with E-state index in [4.69, 9.17) is 28.9 Å². The van der Waals surface area contributed by atoms with E-state index >= 15 is 0 Å².